The summed E-state index contributed by atoms with van der Waals surface area (Å²) in [5, 5.41) is 0. The summed E-state index contributed by atoms with van der Waals surface area (Å²) >= 11 is 4.87. The predicted octanol–water partition coefficient (Wildman–Crippen LogP) is 2.27. The average molecular weight is 237 g/mol. The summed E-state index contributed by atoms with van der Waals surface area (Å²) in [7, 11) is 0. The molecule has 0 aromatic rings. The molecule has 0 bridgehead atoms. The molecule has 37 valence electrons. The van der Waals surface area contributed by atoms with E-state index in [0.717, 1.165) is 5.57 Å². The van der Waals surface area contributed by atoms with E-state index in [-0.39, 0.29) is 0 Å². The third-order valence-corrected chi connectivity index (χ3v) is 0. The molecule has 0 N–H and O–H groups in total. The number of rotatable bonds is 0. The van der Waals surface area contributed by atoms with Crippen molar-refractivity contribution in [2.75, 3.05) is 0 Å². The minimum absolute atomic E-state index is 0.917. The van der Waals surface area contributed by atoms with E-state index in [1.54, 1.807) is 0 Å². The summed E-state index contributed by atoms with van der Waals surface area (Å²) in [6.45, 7) is 8.75. The van der Waals surface area contributed by atoms with Gasteiger partial charge in [-0.25, -0.2) is 0 Å². The summed E-state index contributed by atoms with van der Waals surface area (Å²) in [5.41, 5.74) is 0.917. The van der Waals surface area contributed by atoms with Crippen molar-refractivity contribution in [1.29, 1.82) is 0 Å². The fourth-order valence-corrected chi connectivity index (χ4v) is 0. The number of hydrogen-bond acceptors (Lipinski definition) is 0. The van der Waals surface area contributed by atoms with Crippen molar-refractivity contribution in [2.24, 2.45) is 0 Å². The van der Waals surface area contributed by atoms with E-state index < -0.39 is 0 Å². The van der Waals surface area contributed by atoms with Crippen molar-refractivity contribution < 1.29 is 12.8 Å². The summed E-state index contributed by atoms with van der Waals surface area (Å²) in [6, 6.07) is 0. The van der Waals surface area contributed by atoms with Crippen molar-refractivity contribution >= 4 is 20.3 Å². The maximum atomic E-state index is 5.03. The molecule has 0 aliphatic carbocycles. The molecule has 0 radical (unpaired) electrons. The minimum atomic E-state index is 0.917. The average Bonchev–Trinajstić information content (AvgIpc) is 1.41. The molecule has 0 saturated carbocycles. The van der Waals surface area contributed by atoms with E-state index in [9.17, 15) is 0 Å². The monoisotopic (exact) mass is 237 g/mol. The molecule has 0 fully saturated rings. The van der Waals surface area contributed by atoms with Crippen LogP contribution in [0.15, 0.2) is 5.57 Å². The van der Waals surface area contributed by atoms with Gasteiger partial charge in [0.05, 0.1) is 0 Å². The zero-order chi connectivity index (χ0) is 5.58. The summed E-state index contributed by atoms with van der Waals surface area (Å²) in [5.74, 6) is 0. The van der Waals surface area contributed by atoms with Gasteiger partial charge in [0.1, 0.15) is 0 Å². The van der Waals surface area contributed by atoms with Gasteiger partial charge in [0.2, 0.25) is 0 Å². The molecular weight excluding hydrogens is 230 g/mol. The van der Waals surface area contributed by atoms with Gasteiger partial charge in [0.25, 0.3) is 0 Å². The molecule has 0 aliphatic heterocycles. The Kier molecular flexibility index (Phi) is 15.7. The Bertz CT molecular complexity index is 30.5. The molecule has 0 aromatic heterocycles. The van der Waals surface area contributed by atoms with Crippen LogP contribution in [-0.4, -0.2) is 0 Å². The SMILES string of the molecule is [CH-]=C(C)C.[Mn+][I]. The summed E-state index contributed by atoms with van der Waals surface area (Å²) < 4.78 is 0. The number of allylic oxidation sites excluding steroid dienone is 1. The second-order valence-electron chi connectivity index (χ2n) is 1.08. The molecular formula is C4H7IMn. The molecule has 0 aliphatic rings. The zero-order valence-corrected chi connectivity index (χ0v) is 7.17. The van der Waals surface area contributed by atoms with Crippen molar-refractivity contribution in [3.8, 4) is 0 Å². The van der Waals surface area contributed by atoms with Crippen LogP contribution in [0.3, 0.4) is 0 Å². The Morgan fingerprint density at radius 3 is 1.50 bits per heavy atom. The van der Waals surface area contributed by atoms with Gasteiger partial charge < -0.3 is 6.58 Å². The van der Waals surface area contributed by atoms with Gasteiger partial charge in [-0.2, -0.15) is 0 Å². The van der Waals surface area contributed by atoms with Crippen LogP contribution in [0.2, 0.25) is 0 Å². The molecule has 0 atom stereocenters. The van der Waals surface area contributed by atoms with Gasteiger partial charge in [0, 0.05) is 0 Å². The van der Waals surface area contributed by atoms with E-state index in [0.29, 0.717) is 0 Å². The maximum absolute atomic E-state index is 5.03. The third-order valence-electron chi connectivity index (χ3n) is 0. The van der Waals surface area contributed by atoms with Crippen molar-refractivity contribution in [2.45, 2.75) is 13.8 Å². The molecule has 0 nitrogen and oxygen atoms in total. The first-order chi connectivity index (χ1) is 2.73. The number of hydrogen-bond donors (Lipinski definition) is 0. The van der Waals surface area contributed by atoms with Crippen LogP contribution in [0, 0.1) is 6.58 Å². The van der Waals surface area contributed by atoms with Gasteiger partial charge in [-0.15, -0.1) is 0 Å². The van der Waals surface area contributed by atoms with Crippen LogP contribution in [0.25, 0.3) is 0 Å². The zero-order valence-electron chi connectivity index (χ0n) is 3.83. The molecule has 0 rings (SSSR count). The van der Waals surface area contributed by atoms with Crippen LogP contribution in [0.1, 0.15) is 13.8 Å². The molecule has 0 unspecified atom stereocenters. The van der Waals surface area contributed by atoms with Gasteiger partial charge in [0.15, 0.2) is 0 Å². The van der Waals surface area contributed by atoms with Crippen LogP contribution in [0.4, 0.5) is 0 Å². The van der Waals surface area contributed by atoms with Gasteiger partial charge in [-0.05, 0) is 0 Å². The predicted molar refractivity (Wildman–Crippen MR) is 33.2 cm³/mol. The first-order valence-electron chi connectivity index (χ1n) is 1.43. The molecule has 6 heavy (non-hydrogen) atoms. The molecule has 0 amide bonds. The second-order valence-corrected chi connectivity index (χ2v) is 1.08. The van der Waals surface area contributed by atoms with Crippen LogP contribution in [0.5, 0.6) is 0 Å². The Hall–Kier alpha value is 0.989. The number of halogens is 1. The Labute approximate surface area is 58.9 Å². The molecule has 0 aromatic carbocycles. The normalized spacial score (nSPS) is 5.17. The quantitative estimate of drug-likeness (QED) is 0.344. The van der Waals surface area contributed by atoms with E-state index in [2.05, 4.69) is 12.8 Å². The standard InChI is InChI=1S/C4H7.HI.Mn/c1-4(2)3;;/h1H,2-3H3;1H;/q-1;;+2/p-1. The van der Waals surface area contributed by atoms with Crippen molar-refractivity contribution in [3.05, 3.63) is 12.2 Å². The second kappa shape index (κ2) is 9.37. The first kappa shape index (κ1) is 10.1. The van der Waals surface area contributed by atoms with Crippen LogP contribution < -0.4 is 0 Å². The Morgan fingerprint density at radius 1 is 1.50 bits per heavy atom. The molecule has 0 spiro atoms. The van der Waals surface area contributed by atoms with E-state index >= 15 is 0 Å². The van der Waals surface area contributed by atoms with Crippen LogP contribution in [-0.2, 0) is 12.8 Å². The Balaban J connectivity index is 0. The molecule has 2 heteroatoms. The van der Waals surface area contributed by atoms with Crippen molar-refractivity contribution in [3.63, 3.8) is 0 Å². The van der Waals surface area contributed by atoms with E-state index in [4.69, 9.17) is 6.58 Å². The summed E-state index contributed by atoms with van der Waals surface area (Å²) in [6.07, 6.45) is 0. The topological polar surface area (TPSA) is 0 Å². The fraction of sp³-hybridized carbons (Fsp3) is 0.500. The molecule has 0 heterocycles. The van der Waals surface area contributed by atoms with Gasteiger partial charge >= 0.3 is 33.1 Å². The van der Waals surface area contributed by atoms with Gasteiger partial charge in [-0.3, -0.25) is 5.57 Å². The van der Waals surface area contributed by atoms with Crippen LogP contribution >= 0.6 is 20.3 Å². The third kappa shape index (κ3) is 81.1. The first-order valence-corrected chi connectivity index (χ1v) is 5.24. The molecule has 0 saturated heterocycles. The fourth-order valence-electron chi connectivity index (χ4n) is 0. The van der Waals surface area contributed by atoms with E-state index in [1.807, 2.05) is 34.2 Å². The summed E-state index contributed by atoms with van der Waals surface area (Å²) in [4.78, 5) is 0. The van der Waals surface area contributed by atoms with Crippen molar-refractivity contribution in [1.82, 2.24) is 0 Å². The van der Waals surface area contributed by atoms with Gasteiger partial charge in [-0.1, -0.05) is 13.8 Å². The Morgan fingerprint density at radius 2 is 1.50 bits per heavy atom. The van der Waals surface area contributed by atoms with E-state index in [1.165, 1.54) is 0 Å².